The van der Waals surface area contributed by atoms with E-state index in [0.717, 1.165) is 5.56 Å². The van der Waals surface area contributed by atoms with Gasteiger partial charge in [-0.3, -0.25) is 4.79 Å². The zero-order valence-electron chi connectivity index (χ0n) is 9.94. The average molecular weight is 306 g/mol. The summed E-state index contributed by atoms with van der Waals surface area (Å²) in [6.45, 7) is -1.12. The highest BCUT2D eigenvalue weighted by molar-refractivity contribution is 7.99. The average Bonchev–Trinajstić information content (AvgIpc) is 2.35. The van der Waals surface area contributed by atoms with Crippen LogP contribution < -0.4 is 5.32 Å². The molecule has 1 rings (SSSR count). The van der Waals surface area contributed by atoms with Gasteiger partial charge in [0.05, 0.1) is 5.75 Å². The van der Waals surface area contributed by atoms with Gasteiger partial charge in [0.2, 0.25) is 5.91 Å². The van der Waals surface area contributed by atoms with Crippen molar-refractivity contribution in [3.63, 3.8) is 0 Å². The molecule has 0 saturated heterocycles. The van der Waals surface area contributed by atoms with Gasteiger partial charge in [-0.05, 0) is 17.7 Å². The molecule has 1 aromatic carbocycles. The topological polar surface area (TPSA) is 66.4 Å². The number of hydrogen-bond donors (Lipinski definition) is 2. The lowest BCUT2D eigenvalue weighted by Crippen LogP contribution is -2.43. The first-order chi connectivity index (χ1) is 9.02. The zero-order valence-corrected chi connectivity index (χ0v) is 11.5. The van der Waals surface area contributed by atoms with Crippen molar-refractivity contribution in [3.8, 4) is 0 Å². The fraction of sp³-hybridized carbons (Fsp3) is 0.333. The minimum absolute atomic E-state index is 0.0658. The molecule has 2 N–H and O–H groups in total. The van der Waals surface area contributed by atoms with Crippen molar-refractivity contribution in [2.24, 2.45) is 0 Å². The fourth-order valence-electron chi connectivity index (χ4n) is 1.29. The Morgan fingerprint density at radius 1 is 1.47 bits per heavy atom. The first-order valence-corrected chi connectivity index (χ1v) is 6.96. The zero-order chi connectivity index (χ0) is 14.3. The van der Waals surface area contributed by atoms with Crippen molar-refractivity contribution in [2.45, 2.75) is 11.8 Å². The fourth-order valence-corrected chi connectivity index (χ4v) is 2.29. The highest BCUT2D eigenvalue weighted by atomic mass is 35.5. The number of alkyl halides is 1. The Morgan fingerprint density at radius 3 is 2.79 bits per heavy atom. The molecule has 0 aliphatic rings. The normalized spacial score (nSPS) is 11.9. The molecular weight excluding hydrogens is 293 g/mol. The van der Waals surface area contributed by atoms with Gasteiger partial charge in [-0.2, -0.15) is 0 Å². The summed E-state index contributed by atoms with van der Waals surface area (Å²) in [7, 11) is 0. The molecule has 0 fully saturated rings. The van der Waals surface area contributed by atoms with Crippen molar-refractivity contribution in [1.29, 1.82) is 0 Å². The van der Waals surface area contributed by atoms with Gasteiger partial charge in [0, 0.05) is 10.8 Å². The highest BCUT2D eigenvalue weighted by Gasteiger charge is 2.19. The molecule has 1 aromatic rings. The van der Waals surface area contributed by atoms with Crippen LogP contribution in [0.2, 0.25) is 5.02 Å². The monoisotopic (exact) mass is 305 g/mol. The maximum absolute atomic E-state index is 12.3. The van der Waals surface area contributed by atoms with E-state index in [0.29, 0.717) is 10.8 Å². The first kappa shape index (κ1) is 15.8. The number of carboxylic acid groups (broad SMARTS) is 1. The number of amides is 1. The van der Waals surface area contributed by atoms with Gasteiger partial charge < -0.3 is 10.4 Å². The summed E-state index contributed by atoms with van der Waals surface area (Å²) in [5.41, 5.74) is 0.963. The van der Waals surface area contributed by atoms with Crippen molar-refractivity contribution in [1.82, 2.24) is 5.32 Å². The Balaban J connectivity index is 2.33. The molecule has 1 atom stereocenters. The van der Waals surface area contributed by atoms with Gasteiger partial charge in [-0.15, -0.1) is 11.8 Å². The number of nitrogens with one attached hydrogen (secondary N) is 1. The lowest BCUT2D eigenvalue weighted by Gasteiger charge is -2.10. The maximum Gasteiger partial charge on any atom is 0.328 e. The molecule has 1 unspecified atom stereocenters. The number of halogens is 2. The Kier molecular flexibility index (Phi) is 6.66. The van der Waals surface area contributed by atoms with Crippen LogP contribution in [0, 0.1) is 0 Å². The molecule has 1 amide bonds. The smallest absolute Gasteiger partial charge is 0.328 e. The van der Waals surface area contributed by atoms with Crippen molar-refractivity contribution >= 4 is 35.2 Å². The molecule has 0 saturated carbocycles. The van der Waals surface area contributed by atoms with Gasteiger partial charge in [0.25, 0.3) is 0 Å². The summed E-state index contributed by atoms with van der Waals surface area (Å²) in [6.07, 6.45) is 0. The number of thioether (sulfide) groups is 1. The highest BCUT2D eigenvalue weighted by Crippen LogP contribution is 2.16. The van der Waals surface area contributed by atoms with Crippen LogP contribution in [0.25, 0.3) is 0 Å². The maximum atomic E-state index is 12.3. The predicted octanol–water partition coefficient (Wildman–Crippen LogP) is 2.11. The van der Waals surface area contributed by atoms with E-state index >= 15 is 0 Å². The van der Waals surface area contributed by atoms with Crippen LogP contribution in [0.15, 0.2) is 24.3 Å². The largest absolute Gasteiger partial charge is 0.480 e. The van der Waals surface area contributed by atoms with E-state index in [1.165, 1.54) is 11.8 Å². The molecule has 7 heteroatoms. The summed E-state index contributed by atoms with van der Waals surface area (Å²) in [4.78, 5) is 21.9. The summed E-state index contributed by atoms with van der Waals surface area (Å²) in [6, 6.07) is 5.74. The number of carbonyl (C=O) groups is 2. The van der Waals surface area contributed by atoms with Gasteiger partial charge in [0.1, 0.15) is 6.67 Å². The van der Waals surface area contributed by atoms with Crippen molar-refractivity contribution in [2.75, 3.05) is 12.4 Å². The van der Waals surface area contributed by atoms with Crippen LogP contribution in [0.5, 0.6) is 0 Å². The van der Waals surface area contributed by atoms with E-state index < -0.39 is 24.6 Å². The van der Waals surface area contributed by atoms with E-state index in [-0.39, 0.29) is 5.75 Å². The number of carboxylic acids is 1. The molecule has 0 spiro atoms. The summed E-state index contributed by atoms with van der Waals surface area (Å²) in [5, 5.41) is 11.3. The van der Waals surface area contributed by atoms with Crippen LogP contribution in [-0.4, -0.2) is 35.5 Å². The van der Waals surface area contributed by atoms with Gasteiger partial charge in [-0.1, -0.05) is 23.7 Å². The second-order valence-corrected chi connectivity index (χ2v) is 5.16. The van der Waals surface area contributed by atoms with E-state index in [2.05, 4.69) is 5.32 Å². The SMILES string of the molecule is O=C(CSCc1cccc(Cl)c1)NC(CF)C(=O)O. The molecule has 4 nitrogen and oxygen atoms in total. The van der Waals surface area contributed by atoms with Gasteiger partial charge >= 0.3 is 5.97 Å². The second-order valence-electron chi connectivity index (χ2n) is 3.74. The van der Waals surface area contributed by atoms with Crippen LogP contribution in [0.3, 0.4) is 0 Å². The van der Waals surface area contributed by atoms with E-state index in [1.54, 1.807) is 12.1 Å². The summed E-state index contributed by atoms with van der Waals surface area (Å²) in [5.74, 6) is -1.25. The Labute approximate surface area is 119 Å². The Bertz CT molecular complexity index is 458. The molecule has 0 bridgehead atoms. The molecule has 0 heterocycles. The van der Waals surface area contributed by atoms with Crippen LogP contribution >= 0.6 is 23.4 Å². The Hall–Kier alpha value is -1.27. The third kappa shape index (κ3) is 5.94. The third-order valence-corrected chi connectivity index (χ3v) is 3.42. The molecule has 0 aliphatic heterocycles. The lowest BCUT2D eigenvalue weighted by atomic mass is 10.2. The third-order valence-electron chi connectivity index (χ3n) is 2.18. The minimum atomic E-state index is -1.47. The number of hydrogen-bond acceptors (Lipinski definition) is 3. The lowest BCUT2D eigenvalue weighted by molar-refractivity contribution is -0.141. The number of rotatable bonds is 7. The van der Waals surface area contributed by atoms with Crippen LogP contribution in [0.1, 0.15) is 5.56 Å². The van der Waals surface area contributed by atoms with E-state index in [9.17, 15) is 14.0 Å². The number of aliphatic carboxylic acids is 1. The van der Waals surface area contributed by atoms with E-state index in [4.69, 9.17) is 16.7 Å². The number of benzene rings is 1. The first-order valence-electron chi connectivity index (χ1n) is 5.43. The van der Waals surface area contributed by atoms with Gasteiger partial charge in [-0.25, -0.2) is 9.18 Å². The summed E-state index contributed by atoms with van der Waals surface area (Å²) < 4.78 is 12.3. The second kappa shape index (κ2) is 8.01. The standard InChI is InChI=1S/C12H13ClFNO3S/c13-9-3-1-2-8(4-9)6-19-7-11(16)15-10(5-14)12(17)18/h1-4,10H,5-7H2,(H,15,16)(H,17,18). The van der Waals surface area contributed by atoms with Gasteiger partial charge in [0.15, 0.2) is 6.04 Å². The molecule has 104 valence electrons. The molecule has 0 radical (unpaired) electrons. The molecule has 0 aliphatic carbocycles. The number of carbonyl (C=O) groups excluding carboxylic acids is 1. The van der Waals surface area contributed by atoms with E-state index in [1.807, 2.05) is 12.1 Å². The molecular formula is C12H13ClFNO3S. The van der Waals surface area contributed by atoms with Crippen LogP contribution in [-0.2, 0) is 15.3 Å². The predicted molar refractivity (Wildman–Crippen MR) is 73.2 cm³/mol. The summed E-state index contributed by atoms with van der Waals surface area (Å²) >= 11 is 7.11. The Morgan fingerprint density at radius 2 is 2.21 bits per heavy atom. The minimum Gasteiger partial charge on any atom is -0.480 e. The van der Waals surface area contributed by atoms with Crippen molar-refractivity contribution < 1.29 is 19.1 Å². The van der Waals surface area contributed by atoms with Crippen molar-refractivity contribution in [3.05, 3.63) is 34.9 Å². The van der Waals surface area contributed by atoms with Crippen LogP contribution in [0.4, 0.5) is 4.39 Å². The molecule has 0 aromatic heterocycles. The molecule has 19 heavy (non-hydrogen) atoms. The quantitative estimate of drug-likeness (QED) is 0.810.